The van der Waals surface area contributed by atoms with Crippen molar-refractivity contribution in [2.75, 3.05) is 19.1 Å². The van der Waals surface area contributed by atoms with Gasteiger partial charge in [0, 0.05) is 10.2 Å². The van der Waals surface area contributed by atoms with E-state index in [1.165, 1.54) is 25.2 Å². The molecule has 1 aliphatic heterocycles. The van der Waals surface area contributed by atoms with E-state index in [1.54, 1.807) is 54.6 Å². The maximum Gasteiger partial charge on any atom is 0.300 e. The summed E-state index contributed by atoms with van der Waals surface area (Å²) in [5.41, 5.74) is 1.07. The van der Waals surface area contributed by atoms with Crippen molar-refractivity contribution >= 4 is 62.3 Å². The molecule has 1 amide bonds. The first-order valence-corrected chi connectivity index (χ1v) is 11.6. The van der Waals surface area contributed by atoms with E-state index in [-0.39, 0.29) is 32.7 Å². The average Bonchev–Trinajstić information content (AvgIpc) is 3.10. The van der Waals surface area contributed by atoms with Crippen molar-refractivity contribution in [3.8, 4) is 11.5 Å². The maximum atomic E-state index is 13.3. The summed E-state index contributed by atoms with van der Waals surface area (Å²) in [4.78, 5) is 27.9. The van der Waals surface area contributed by atoms with Gasteiger partial charge in [0.15, 0.2) is 11.5 Å². The van der Waals surface area contributed by atoms with E-state index in [0.29, 0.717) is 11.3 Å². The Bertz CT molecular complexity index is 1310. The number of aliphatic hydroxyl groups excluding tert-OH is 1. The lowest BCUT2D eigenvalue weighted by Crippen LogP contribution is -2.29. The number of carbonyl (C=O) groups excluding carboxylic acids is 2. The number of hydrogen-bond acceptors (Lipinski definition) is 5. The molecule has 4 rings (SSSR count). The van der Waals surface area contributed by atoms with Crippen molar-refractivity contribution in [3.63, 3.8) is 0 Å². The van der Waals surface area contributed by atoms with E-state index < -0.39 is 23.5 Å². The molecule has 1 unspecified atom stereocenters. The quantitative estimate of drug-likeness (QED) is 0.221. The first-order valence-electron chi connectivity index (χ1n) is 10.0. The average molecular weight is 563 g/mol. The zero-order valence-corrected chi connectivity index (χ0v) is 21.1. The number of ketones is 1. The van der Waals surface area contributed by atoms with Gasteiger partial charge in [0.25, 0.3) is 11.7 Å². The van der Waals surface area contributed by atoms with Crippen LogP contribution in [0.3, 0.4) is 0 Å². The van der Waals surface area contributed by atoms with Gasteiger partial charge in [-0.25, -0.2) is 0 Å². The molecule has 1 heterocycles. The number of anilines is 1. The molecular weight excluding hydrogens is 545 g/mol. The van der Waals surface area contributed by atoms with Crippen LogP contribution < -0.4 is 14.4 Å². The van der Waals surface area contributed by atoms with Crippen LogP contribution in [0.2, 0.25) is 10.0 Å². The molecule has 1 atom stereocenters. The summed E-state index contributed by atoms with van der Waals surface area (Å²) in [6.07, 6.45) is 0. The summed E-state index contributed by atoms with van der Waals surface area (Å²) in [7, 11) is 2.76. The molecule has 174 valence electrons. The first-order chi connectivity index (χ1) is 16.3. The minimum Gasteiger partial charge on any atom is -0.507 e. The van der Waals surface area contributed by atoms with Gasteiger partial charge in [-0.3, -0.25) is 14.5 Å². The number of carbonyl (C=O) groups is 2. The Labute approximate surface area is 214 Å². The highest BCUT2D eigenvalue weighted by Gasteiger charge is 2.47. The van der Waals surface area contributed by atoms with Crippen molar-refractivity contribution in [1.29, 1.82) is 0 Å². The van der Waals surface area contributed by atoms with Crippen LogP contribution in [0.5, 0.6) is 11.5 Å². The summed E-state index contributed by atoms with van der Waals surface area (Å²) in [5.74, 6) is -1.87. The molecular formula is C25H18BrCl2NO5. The number of ether oxygens (including phenoxy) is 2. The van der Waals surface area contributed by atoms with Gasteiger partial charge in [-0.1, -0.05) is 69.5 Å². The third-order valence-corrected chi connectivity index (χ3v) is 6.61. The highest BCUT2D eigenvalue weighted by Crippen LogP contribution is 2.48. The van der Waals surface area contributed by atoms with E-state index in [4.69, 9.17) is 32.7 Å². The second-order valence-corrected chi connectivity index (χ2v) is 9.04. The van der Waals surface area contributed by atoms with Gasteiger partial charge in [-0.2, -0.15) is 0 Å². The SMILES string of the molecule is COc1c(Cl)cc(/C(O)=C2\C(=O)C(=O)N(c3ccccc3)C2c2ccc(Br)cc2)c(OC)c1Cl. The Morgan fingerprint density at radius 1 is 0.971 bits per heavy atom. The van der Waals surface area contributed by atoms with E-state index in [9.17, 15) is 14.7 Å². The molecule has 1 saturated heterocycles. The standard InChI is InChI=1S/C25H18BrCl2NO5/c1-33-23-16(12-17(27)24(34-2)19(23)28)21(30)18-20(13-8-10-14(26)11-9-13)29(25(32)22(18)31)15-6-4-3-5-7-15/h3-12,20,30H,1-2H3/b21-18+. The fourth-order valence-corrected chi connectivity index (χ4v) is 4.89. The highest BCUT2D eigenvalue weighted by molar-refractivity contribution is 9.10. The Morgan fingerprint density at radius 3 is 2.18 bits per heavy atom. The number of hydrogen-bond donors (Lipinski definition) is 1. The van der Waals surface area contributed by atoms with Gasteiger partial charge in [0.05, 0.1) is 36.4 Å². The van der Waals surface area contributed by atoms with Gasteiger partial charge in [0.2, 0.25) is 0 Å². The summed E-state index contributed by atoms with van der Waals surface area (Å²) < 4.78 is 11.4. The van der Waals surface area contributed by atoms with Crippen LogP contribution in [0.25, 0.3) is 5.76 Å². The van der Waals surface area contributed by atoms with Crippen LogP contribution >= 0.6 is 39.1 Å². The lowest BCUT2D eigenvalue weighted by molar-refractivity contribution is -0.132. The Morgan fingerprint density at radius 2 is 1.59 bits per heavy atom. The predicted molar refractivity (Wildman–Crippen MR) is 135 cm³/mol. The smallest absolute Gasteiger partial charge is 0.300 e. The molecule has 6 nitrogen and oxygen atoms in total. The van der Waals surface area contributed by atoms with Crippen LogP contribution in [0.15, 0.2) is 70.7 Å². The zero-order valence-electron chi connectivity index (χ0n) is 18.0. The number of methoxy groups -OCH3 is 2. The molecule has 0 aromatic heterocycles. The molecule has 34 heavy (non-hydrogen) atoms. The maximum absolute atomic E-state index is 13.3. The first kappa shape index (κ1) is 24.1. The van der Waals surface area contributed by atoms with Gasteiger partial charge in [-0.15, -0.1) is 0 Å². The minimum absolute atomic E-state index is 0.0246. The van der Waals surface area contributed by atoms with Crippen LogP contribution in [0.1, 0.15) is 17.2 Å². The zero-order chi connectivity index (χ0) is 24.6. The third-order valence-electron chi connectivity index (χ3n) is 5.46. The summed E-state index contributed by atoms with van der Waals surface area (Å²) >= 11 is 16.1. The fraction of sp³-hybridized carbons (Fsp3) is 0.120. The van der Waals surface area contributed by atoms with E-state index >= 15 is 0 Å². The molecule has 1 fully saturated rings. The molecule has 3 aromatic rings. The lowest BCUT2D eigenvalue weighted by atomic mass is 9.94. The highest BCUT2D eigenvalue weighted by atomic mass is 79.9. The number of amides is 1. The number of para-hydroxylation sites is 1. The number of nitrogens with zero attached hydrogens (tertiary/aromatic N) is 1. The predicted octanol–water partition coefficient (Wildman–Crippen LogP) is 6.40. The molecule has 0 saturated carbocycles. The van der Waals surface area contributed by atoms with Crippen LogP contribution in [0.4, 0.5) is 5.69 Å². The van der Waals surface area contributed by atoms with Crippen LogP contribution in [-0.4, -0.2) is 31.0 Å². The van der Waals surface area contributed by atoms with Gasteiger partial charge < -0.3 is 14.6 Å². The van der Waals surface area contributed by atoms with E-state index in [2.05, 4.69) is 15.9 Å². The molecule has 0 spiro atoms. The van der Waals surface area contributed by atoms with E-state index in [0.717, 1.165) is 4.47 Å². The van der Waals surface area contributed by atoms with Crippen molar-refractivity contribution in [1.82, 2.24) is 0 Å². The van der Waals surface area contributed by atoms with E-state index in [1.807, 2.05) is 0 Å². The molecule has 0 bridgehead atoms. The molecule has 0 aliphatic carbocycles. The minimum atomic E-state index is -0.903. The van der Waals surface area contributed by atoms with Crippen molar-refractivity contribution in [3.05, 3.63) is 91.9 Å². The number of Topliss-reactive ketones (excluding diaryl/α,β-unsaturated/α-hetero) is 1. The lowest BCUT2D eigenvalue weighted by Gasteiger charge is -2.25. The molecule has 0 radical (unpaired) electrons. The second kappa shape index (κ2) is 9.70. The number of rotatable bonds is 5. The number of aliphatic hydroxyl groups is 1. The molecule has 3 aromatic carbocycles. The number of benzene rings is 3. The Balaban J connectivity index is 2.01. The monoisotopic (exact) mass is 561 g/mol. The Hall–Kier alpha value is -3.00. The number of halogens is 3. The molecule has 1 aliphatic rings. The molecule has 1 N–H and O–H groups in total. The second-order valence-electron chi connectivity index (χ2n) is 7.34. The fourth-order valence-electron chi connectivity index (χ4n) is 3.94. The van der Waals surface area contributed by atoms with Crippen LogP contribution in [-0.2, 0) is 9.59 Å². The topological polar surface area (TPSA) is 76.1 Å². The summed E-state index contributed by atoms with van der Waals surface area (Å²) in [6, 6.07) is 16.4. The van der Waals surface area contributed by atoms with Crippen molar-refractivity contribution in [2.24, 2.45) is 0 Å². The Kier molecular flexibility index (Phi) is 6.89. The van der Waals surface area contributed by atoms with Crippen molar-refractivity contribution in [2.45, 2.75) is 6.04 Å². The summed E-state index contributed by atoms with van der Waals surface area (Å²) in [6.45, 7) is 0. The summed E-state index contributed by atoms with van der Waals surface area (Å²) in [5, 5.41) is 11.5. The van der Waals surface area contributed by atoms with Crippen molar-refractivity contribution < 1.29 is 24.2 Å². The molecule has 9 heteroatoms. The normalized spacial score (nSPS) is 17.2. The van der Waals surface area contributed by atoms with Gasteiger partial charge in [-0.05, 0) is 35.9 Å². The van der Waals surface area contributed by atoms with Gasteiger partial charge >= 0.3 is 0 Å². The van der Waals surface area contributed by atoms with Crippen LogP contribution in [0, 0.1) is 0 Å². The van der Waals surface area contributed by atoms with Gasteiger partial charge in [0.1, 0.15) is 10.8 Å². The largest absolute Gasteiger partial charge is 0.507 e. The third kappa shape index (κ3) is 4.04.